The summed E-state index contributed by atoms with van der Waals surface area (Å²) in [6.45, 7) is 2.76. The lowest BCUT2D eigenvalue weighted by Gasteiger charge is -2.32. The van der Waals surface area contributed by atoms with Crippen LogP contribution in [0.4, 0.5) is 0 Å². The molecule has 1 fully saturated rings. The summed E-state index contributed by atoms with van der Waals surface area (Å²) in [6, 6.07) is 15.1. The van der Waals surface area contributed by atoms with Crippen LogP contribution in [-0.4, -0.2) is 31.2 Å². The van der Waals surface area contributed by atoms with E-state index in [1.165, 1.54) is 24.3 Å². The SMILES string of the molecule is CC1CCCCN1S(=O)(=O)c1ccc(C(=O)NCc2cccc(C#N)c2)cc1. The molecule has 6 nitrogen and oxygen atoms in total. The van der Waals surface area contributed by atoms with E-state index in [0.29, 0.717) is 24.2 Å². The molecule has 0 bridgehead atoms. The lowest BCUT2D eigenvalue weighted by Crippen LogP contribution is -2.41. The van der Waals surface area contributed by atoms with Crippen LogP contribution in [0, 0.1) is 11.3 Å². The maximum absolute atomic E-state index is 12.8. The van der Waals surface area contributed by atoms with E-state index in [1.807, 2.05) is 13.0 Å². The molecule has 1 unspecified atom stereocenters. The van der Waals surface area contributed by atoms with Crippen molar-refractivity contribution in [1.82, 2.24) is 9.62 Å². The van der Waals surface area contributed by atoms with Gasteiger partial charge >= 0.3 is 0 Å². The highest BCUT2D eigenvalue weighted by Crippen LogP contribution is 2.25. The highest BCUT2D eigenvalue weighted by Gasteiger charge is 2.30. The Balaban J connectivity index is 1.68. The van der Waals surface area contributed by atoms with Crippen LogP contribution in [0.3, 0.4) is 0 Å². The van der Waals surface area contributed by atoms with Gasteiger partial charge in [-0.15, -0.1) is 0 Å². The number of sulfonamides is 1. The summed E-state index contributed by atoms with van der Waals surface area (Å²) < 4.78 is 27.2. The van der Waals surface area contributed by atoms with E-state index in [2.05, 4.69) is 11.4 Å². The van der Waals surface area contributed by atoms with E-state index >= 15 is 0 Å². The van der Waals surface area contributed by atoms with Crippen LogP contribution in [0.1, 0.15) is 47.7 Å². The molecule has 2 aromatic rings. The minimum Gasteiger partial charge on any atom is -0.348 e. The molecule has 1 N–H and O–H groups in total. The average molecular weight is 398 g/mol. The van der Waals surface area contributed by atoms with Crippen molar-refractivity contribution in [3.8, 4) is 6.07 Å². The first kappa shape index (κ1) is 20.1. The maximum Gasteiger partial charge on any atom is 0.251 e. The zero-order valence-corrected chi connectivity index (χ0v) is 16.6. The molecule has 0 spiro atoms. The average Bonchev–Trinajstić information content (AvgIpc) is 2.72. The lowest BCUT2D eigenvalue weighted by atomic mass is 10.1. The lowest BCUT2D eigenvalue weighted by molar-refractivity contribution is 0.0951. The van der Waals surface area contributed by atoms with Crippen LogP contribution in [0.25, 0.3) is 0 Å². The Morgan fingerprint density at radius 2 is 1.96 bits per heavy atom. The Morgan fingerprint density at radius 3 is 2.64 bits per heavy atom. The van der Waals surface area contributed by atoms with Crippen LogP contribution >= 0.6 is 0 Å². The highest BCUT2D eigenvalue weighted by atomic mass is 32.2. The first-order valence-electron chi connectivity index (χ1n) is 9.31. The third kappa shape index (κ3) is 4.41. The van der Waals surface area contributed by atoms with Gasteiger partial charge in [-0.25, -0.2) is 8.42 Å². The van der Waals surface area contributed by atoms with E-state index in [-0.39, 0.29) is 16.8 Å². The fourth-order valence-corrected chi connectivity index (χ4v) is 5.08. The zero-order valence-electron chi connectivity index (χ0n) is 15.8. The van der Waals surface area contributed by atoms with Gasteiger partial charge in [-0.2, -0.15) is 9.57 Å². The van der Waals surface area contributed by atoms with E-state index in [1.54, 1.807) is 22.5 Å². The normalized spacial score (nSPS) is 17.6. The number of carbonyl (C=O) groups is 1. The number of carbonyl (C=O) groups excluding carboxylic acids is 1. The van der Waals surface area contributed by atoms with E-state index in [0.717, 1.165) is 24.8 Å². The van der Waals surface area contributed by atoms with Crippen molar-refractivity contribution in [1.29, 1.82) is 5.26 Å². The second-order valence-corrected chi connectivity index (χ2v) is 8.87. The predicted molar refractivity (Wildman–Crippen MR) is 106 cm³/mol. The van der Waals surface area contributed by atoms with Crippen molar-refractivity contribution in [2.45, 2.75) is 43.7 Å². The number of rotatable bonds is 5. The number of amides is 1. The smallest absolute Gasteiger partial charge is 0.251 e. The van der Waals surface area contributed by atoms with Crippen molar-refractivity contribution in [3.63, 3.8) is 0 Å². The standard InChI is InChI=1S/C21H23N3O3S/c1-16-5-2-3-12-24(16)28(26,27)20-10-8-19(9-11-20)21(25)23-15-18-7-4-6-17(13-18)14-22/h4,6-11,13,16H,2-3,5,12,15H2,1H3,(H,23,25). The molecule has 1 aliphatic heterocycles. The van der Waals surface area contributed by atoms with Crippen molar-refractivity contribution in [2.24, 2.45) is 0 Å². The van der Waals surface area contributed by atoms with Gasteiger partial charge in [0, 0.05) is 24.7 Å². The number of nitrogens with zero attached hydrogens (tertiary/aromatic N) is 2. The summed E-state index contributed by atoms with van der Waals surface area (Å²) in [5.41, 5.74) is 1.75. The topological polar surface area (TPSA) is 90.3 Å². The molecule has 146 valence electrons. The molecule has 1 saturated heterocycles. The molecular weight excluding hydrogens is 374 g/mol. The van der Waals surface area contributed by atoms with Gasteiger partial charge < -0.3 is 5.32 Å². The largest absolute Gasteiger partial charge is 0.348 e. The molecule has 1 aliphatic rings. The Labute approximate surface area is 165 Å². The number of hydrogen-bond donors (Lipinski definition) is 1. The zero-order chi connectivity index (χ0) is 20.1. The minimum absolute atomic E-state index is 0.00843. The first-order chi connectivity index (χ1) is 13.4. The quantitative estimate of drug-likeness (QED) is 0.840. The summed E-state index contributed by atoms with van der Waals surface area (Å²) in [4.78, 5) is 12.6. The van der Waals surface area contributed by atoms with Gasteiger partial charge in [-0.05, 0) is 61.7 Å². The van der Waals surface area contributed by atoms with Gasteiger partial charge in [-0.3, -0.25) is 4.79 Å². The Kier molecular flexibility index (Phi) is 6.12. The Morgan fingerprint density at radius 1 is 1.21 bits per heavy atom. The van der Waals surface area contributed by atoms with Gasteiger partial charge in [0.05, 0.1) is 16.5 Å². The number of hydrogen-bond acceptors (Lipinski definition) is 4. The maximum atomic E-state index is 12.8. The summed E-state index contributed by atoms with van der Waals surface area (Å²) >= 11 is 0. The molecule has 0 aliphatic carbocycles. The van der Waals surface area contributed by atoms with Crippen LogP contribution in [-0.2, 0) is 16.6 Å². The molecule has 7 heteroatoms. The van der Waals surface area contributed by atoms with Gasteiger partial charge in [0.15, 0.2) is 0 Å². The van der Waals surface area contributed by atoms with Crippen molar-refractivity contribution in [2.75, 3.05) is 6.54 Å². The number of benzene rings is 2. The van der Waals surface area contributed by atoms with Gasteiger partial charge in [0.1, 0.15) is 0 Å². The second-order valence-electron chi connectivity index (χ2n) is 6.98. The monoisotopic (exact) mass is 397 g/mol. The van der Waals surface area contributed by atoms with E-state index in [4.69, 9.17) is 5.26 Å². The first-order valence-corrected chi connectivity index (χ1v) is 10.7. The van der Waals surface area contributed by atoms with Crippen LogP contribution in [0.5, 0.6) is 0 Å². The Bertz CT molecular complexity index is 994. The van der Waals surface area contributed by atoms with Crippen molar-refractivity contribution < 1.29 is 13.2 Å². The van der Waals surface area contributed by atoms with Crippen LogP contribution in [0.15, 0.2) is 53.4 Å². The molecule has 0 radical (unpaired) electrons. The predicted octanol–water partition coefficient (Wildman–Crippen LogP) is 3.05. The highest BCUT2D eigenvalue weighted by molar-refractivity contribution is 7.89. The number of nitrogens with one attached hydrogen (secondary N) is 1. The third-order valence-corrected chi connectivity index (χ3v) is 7.00. The summed E-state index contributed by atoms with van der Waals surface area (Å²) in [7, 11) is -3.55. The van der Waals surface area contributed by atoms with E-state index < -0.39 is 10.0 Å². The molecule has 3 rings (SSSR count). The molecule has 0 aromatic heterocycles. The van der Waals surface area contributed by atoms with E-state index in [9.17, 15) is 13.2 Å². The summed E-state index contributed by atoms with van der Waals surface area (Å²) in [6.07, 6.45) is 2.79. The fourth-order valence-electron chi connectivity index (χ4n) is 3.38. The molecule has 1 amide bonds. The molecule has 0 saturated carbocycles. The fraction of sp³-hybridized carbons (Fsp3) is 0.333. The Hall–Kier alpha value is -2.69. The summed E-state index contributed by atoms with van der Waals surface area (Å²) in [5.74, 6) is -0.294. The van der Waals surface area contributed by atoms with Gasteiger partial charge in [0.2, 0.25) is 10.0 Å². The number of nitriles is 1. The molecule has 28 heavy (non-hydrogen) atoms. The number of piperidine rings is 1. The molecule has 2 aromatic carbocycles. The molecule has 1 heterocycles. The minimum atomic E-state index is -3.55. The molecule has 1 atom stereocenters. The van der Waals surface area contributed by atoms with Gasteiger partial charge in [0.25, 0.3) is 5.91 Å². The molecular formula is C21H23N3O3S. The summed E-state index contributed by atoms with van der Waals surface area (Å²) in [5, 5.41) is 11.7. The van der Waals surface area contributed by atoms with Crippen molar-refractivity contribution >= 4 is 15.9 Å². The van der Waals surface area contributed by atoms with Crippen LogP contribution in [0.2, 0.25) is 0 Å². The second kappa shape index (κ2) is 8.55. The van der Waals surface area contributed by atoms with Gasteiger partial charge in [-0.1, -0.05) is 18.6 Å². The van der Waals surface area contributed by atoms with Crippen molar-refractivity contribution in [3.05, 3.63) is 65.2 Å². The van der Waals surface area contributed by atoms with Crippen LogP contribution < -0.4 is 5.32 Å². The third-order valence-electron chi connectivity index (χ3n) is 4.97.